The van der Waals surface area contributed by atoms with Crippen molar-refractivity contribution in [1.82, 2.24) is 9.55 Å². The summed E-state index contributed by atoms with van der Waals surface area (Å²) in [5.74, 6) is -1.08. The Morgan fingerprint density at radius 2 is 1.88 bits per heavy atom. The molecule has 0 saturated carbocycles. The normalized spacial score (nSPS) is 10.8. The van der Waals surface area contributed by atoms with E-state index in [-0.39, 0.29) is 30.2 Å². The van der Waals surface area contributed by atoms with Gasteiger partial charge in [0.1, 0.15) is 5.82 Å². The first-order valence-corrected chi connectivity index (χ1v) is 10.6. The molecule has 0 unspecified atom stereocenters. The number of carbonyl (C=O) groups excluding carboxylic acids is 1. The van der Waals surface area contributed by atoms with Crippen LogP contribution < -0.4 is 26.6 Å². The molecule has 0 bridgehead atoms. The number of carbonyl (C=O) groups is 1. The molecule has 1 amide bonds. The highest BCUT2D eigenvalue weighted by Crippen LogP contribution is 2.23. The van der Waals surface area contributed by atoms with Crippen LogP contribution in [-0.4, -0.2) is 22.6 Å². The van der Waals surface area contributed by atoms with E-state index in [0.717, 1.165) is 12.0 Å². The molecule has 0 atom stereocenters. The smallest absolute Gasteiger partial charge is 0.330 e. The van der Waals surface area contributed by atoms with Crippen molar-refractivity contribution in [3.05, 3.63) is 86.3 Å². The molecule has 3 aromatic rings. The summed E-state index contributed by atoms with van der Waals surface area (Å²) in [5.41, 5.74) is 5.93. The van der Waals surface area contributed by atoms with E-state index in [4.69, 9.17) is 10.5 Å². The molecule has 0 radical (unpaired) electrons. The van der Waals surface area contributed by atoms with Crippen LogP contribution in [0.4, 0.5) is 15.9 Å². The van der Waals surface area contributed by atoms with Crippen LogP contribution >= 0.6 is 0 Å². The maximum atomic E-state index is 14.2. The minimum absolute atomic E-state index is 0.0531. The first kappa shape index (κ1) is 23.8. The van der Waals surface area contributed by atoms with E-state index >= 15 is 0 Å². The van der Waals surface area contributed by atoms with E-state index in [1.54, 1.807) is 6.07 Å². The summed E-state index contributed by atoms with van der Waals surface area (Å²) in [7, 11) is 1.35. The van der Waals surface area contributed by atoms with Crippen molar-refractivity contribution < 1.29 is 13.9 Å². The number of aromatic nitrogens is 2. The number of rotatable bonds is 9. The predicted molar refractivity (Wildman–Crippen MR) is 125 cm³/mol. The zero-order chi connectivity index (χ0) is 24.0. The Bertz CT molecular complexity index is 1240. The second-order valence-electron chi connectivity index (χ2n) is 7.61. The van der Waals surface area contributed by atoms with Crippen molar-refractivity contribution in [2.24, 2.45) is 0 Å². The van der Waals surface area contributed by atoms with Gasteiger partial charge in [-0.25, -0.2) is 9.18 Å². The Balaban J connectivity index is 2.05. The number of hydrogen-bond donors (Lipinski definition) is 2. The van der Waals surface area contributed by atoms with E-state index in [0.29, 0.717) is 18.5 Å². The van der Waals surface area contributed by atoms with E-state index < -0.39 is 23.0 Å². The Kier molecular flexibility index (Phi) is 7.66. The molecule has 0 aliphatic heterocycles. The lowest BCUT2D eigenvalue weighted by Gasteiger charge is -2.25. The lowest BCUT2D eigenvalue weighted by molar-refractivity contribution is -0.118. The number of aromatic amines is 1. The molecule has 0 aliphatic rings. The van der Waals surface area contributed by atoms with E-state index in [2.05, 4.69) is 4.98 Å². The number of hydrogen-bond acceptors (Lipinski definition) is 5. The highest BCUT2D eigenvalue weighted by molar-refractivity contribution is 5.96. The Morgan fingerprint density at radius 3 is 2.52 bits per heavy atom. The van der Waals surface area contributed by atoms with Gasteiger partial charge in [0.05, 0.1) is 20.1 Å². The summed E-state index contributed by atoms with van der Waals surface area (Å²) >= 11 is 0. The zero-order valence-electron chi connectivity index (χ0n) is 18.6. The maximum absolute atomic E-state index is 14.2. The molecule has 8 nitrogen and oxygen atoms in total. The third-order valence-corrected chi connectivity index (χ3v) is 5.28. The van der Waals surface area contributed by atoms with Gasteiger partial charge in [0.25, 0.3) is 5.56 Å². The molecule has 3 rings (SSSR count). The van der Waals surface area contributed by atoms with Crippen LogP contribution in [0, 0.1) is 5.82 Å². The summed E-state index contributed by atoms with van der Waals surface area (Å²) in [6.07, 6.45) is 1.31. The number of H-pyrrole nitrogens is 1. The lowest BCUT2D eigenvalue weighted by atomic mass is 10.1. The van der Waals surface area contributed by atoms with Crippen LogP contribution in [-0.2, 0) is 24.3 Å². The Labute approximate surface area is 190 Å². The molecule has 0 spiro atoms. The standard InChI is InChI=1S/C24H27FN4O4/c1-3-4-12-28-22(26)21(23(31)27-24(28)32)29(15-16-8-6-5-7-9-16)20(30)14-17-10-11-19(33-2)18(25)13-17/h5-11,13H,3-4,12,14-15,26H2,1-2H3,(H,27,31,32). The summed E-state index contributed by atoms with van der Waals surface area (Å²) in [5, 5.41) is 0. The first-order chi connectivity index (χ1) is 15.8. The quantitative estimate of drug-likeness (QED) is 0.517. The molecule has 1 heterocycles. The number of nitrogen functional groups attached to an aromatic ring is 1. The van der Waals surface area contributed by atoms with Gasteiger partial charge in [0.2, 0.25) is 5.91 Å². The van der Waals surface area contributed by atoms with Gasteiger partial charge >= 0.3 is 5.69 Å². The molecular weight excluding hydrogens is 427 g/mol. The van der Waals surface area contributed by atoms with Crippen LogP contribution in [0.3, 0.4) is 0 Å². The molecule has 3 N–H and O–H groups in total. The van der Waals surface area contributed by atoms with Crippen LogP contribution in [0.2, 0.25) is 0 Å². The molecule has 174 valence electrons. The third kappa shape index (κ3) is 5.49. The number of benzene rings is 2. The molecule has 0 saturated heterocycles. The molecule has 9 heteroatoms. The maximum Gasteiger partial charge on any atom is 0.330 e. The van der Waals surface area contributed by atoms with Crippen molar-refractivity contribution in [2.75, 3.05) is 17.7 Å². The van der Waals surface area contributed by atoms with Crippen molar-refractivity contribution >= 4 is 17.4 Å². The molecule has 1 aromatic heterocycles. The zero-order valence-corrected chi connectivity index (χ0v) is 18.6. The van der Waals surface area contributed by atoms with E-state index in [1.165, 1.54) is 28.7 Å². The number of nitrogens with two attached hydrogens (primary N) is 1. The lowest BCUT2D eigenvalue weighted by Crippen LogP contribution is -2.41. The Morgan fingerprint density at radius 1 is 1.15 bits per heavy atom. The van der Waals surface area contributed by atoms with Gasteiger partial charge in [-0.3, -0.25) is 24.0 Å². The number of amides is 1. The molecule has 0 fully saturated rings. The summed E-state index contributed by atoms with van der Waals surface area (Å²) in [4.78, 5) is 42.0. The van der Waals surface area contributed by atoms with E-state index in [9.17, 15) is 18.8 Å². The Hall–Kier alpha value is -3.88. The van der Waals surface area contributed by atoms with E-state index in [1.807, 2.05) is 37.3 Å². The fourth-order valence-electron chi connectivity index (χ4n) is 3.52. The number of anilines is 2. The van der Waals surface area contributed by atoms with Crippen molar-refractivity contribution in [1.29, 1.82) is 0 Å². The fraction of sp³-hybridized carbons (Fsp3) is 0.292. The minimum Gasteiger partial charge on any atom is -0.494 e. The number of nitrogens with one attached hydrogen (secondary N) is 1. The number of nitrogens with zero attached hydrogens (tertiary/aromatic N) is 2. The number of methoxy groups -OCH3 is 1. The first-order valence-electron chi connectivity index (χ1n) is 10.6. The minimum atomic E-state index is -0.754. The van der Waals surface area contributed by atoms with Crippen molar-refractivity contribution in [3.8, 4) is 5.75 Å². The molecule has 33 heavy (non-hydrogen) atoms. The number of ether oxygens (including phenoxy) is 1. The van der Waals surface area contributed by atoms with Crippen LogP contribution in [0.25, 0.3) is 0 Å². The average Bonchev–Trinajstić information content (AvgIpc) is 2.79. The number of halogens is 1. The molecule has 2 aromatic carbocycles. The summed E-state index contributed by atoms with van der Waals surface area (Å²) < 4.78 is 20.3. The topological polar surface area (TPSA) is 110 Å². The number of unbranched alkanes of at least 4 members (excludes halogenated alkanes) is 1. The van der Waals surface area contributed by atoms with Gasteiger partial charge in [-0.1, -0.05) is 49.7 Å². The van der Waals surface area contributed by atoms with Crippen LogP contribution in [0.5, 0.6) is 5.75 Å². The monoisotopic (exact) mass is 454 g/mol. The summed E-state index contributed by atoms with van der Waals surface area (Å²) in [6, 6.07) is 13.3. The predicted octanol–water partition coefficient (Wildman–Crippen LogP) is 2.84. The SMILES string of the molecule is CCCCn1c(N)c(N(Cc2ccccc2)C(=O)Cc2ccc(OC)c(F)c2)c(=O)[nH]c1=O. The fourth-order valence-corrected chi connectivity index (χ4v) is 3.52. The molecular formula is C24H27FN4O4. The highest BCUT2D eigenvalue weighted by Gasteiger charge is 2.25. The van der Waals surface area contributed by atoms with Gasteiger partial charge in [-0.2, -0.15) is 0 Å². The average molecular weight is 455 g/mol. The third-order valence-electron chi connectivity index (χ3n) is 5.28. The van der Waals surface area contributed by atoms with Gasteiger partial charge < -0.3 is 10.5 Å². The molecule has 0 aliphatic carbocycles. The van der Waals surface area contributed by atoms with Gasteiger partial charge in [-0.05, 0) is 29.7 Å². The van der Waals surface area contributed by atoms with Crippen LogP contribution in [0.15, 0.2) is 58.1 Å². The van der Waals surface area contributed by atoms with Gasteiger partial charge in [-0.15, -0.1) is 0 Å². The van der Waals surface area contributed by atoms with Crippen molar-refractivity contribution in [3.63, 3.8) is 0 Å². The van der Waals surface area contributed by atoms with Gasteiger partial charge in [0.15, 0.2) is 17.3 Å². The highest BCUT2D eigenvalue weighted by atomic mass is 19.1. The largest absolute Gasteiger partial charge is 0.494 e. The van der Waals surface area contributed by atoms with Crippen molar-refractivity contribution in [2.45, 2.75) is 39.3 Å². The van der Waals surface area contributed by atoms with Crippen LogP contribution in [0.1, 0.15) is 30.9 Å². The summed E-state index contributed by atoms with van der Waals surface area (Å²) in [6.45, 7) is 2.33. The second kappa shape index (κ2) is 10.6. The second-order valence-corrected chi connectivity index (χ2v) is 7.61. The van der Waals surface area contributed by atoms with Gasteiger partial charge in [0, 0.05) is 6.54 Å².